The molecule has 0 amide bonds. The average Bonchev–Trinajstić information content (AvgIpc) is 3.40. The van der Waals surface area contributed by atoms with E-state index in [-0.39, 0.29) is 12.1 Å². The molecule has 0 N–H and O–H groups in total. The Hall–Kier alpha value is -1.55. The minimum absolute atomic E-state index is 0.0923. The lowest BCUT2D eigenvalue weighted by atomic mass is 9.90. The van der Waals surface area contributed by atoms with Crippen molar-refractivity contribution in [3.8, 4) is 5.75 Å². The van der Waals surface area contributed by atoms with Gasteiger partial charge < -0.3 is 14.2 Å². The van der Waals surface area contributed by atoms with E-state index in [2.05, 4.69) is 0 Å². The average molecular weight is 358 g/mol. The van der Waals surface area contributed by atoms with Crippen LogP contribution in [0.5, 0.6) is 5.75 Å². The van der Waals surface area contributed by atoms with Crippen molar-refractivity contribution in [1.29, 1.82) is 0 Å². The van der Waals surface area contributed by atoms with Crippen LogP contribution in [-0.4, -0.2) is 31.9 Å². The van der Waals surface area contributed by atoms with Gasteiger partial charge in [-0.15, -0.1) is 0 Å². The lowest BCUT2D eigenvalue weighted by Crippen LogP contribution is -2.26. The maximum atomic E-state index is 12.4. The fourth-order valence-corrected chi connectivity index (χ4v) is 4.17. The van der Waals surface area contributed by atoms with Gasteiger partial charge in [-0.1, -0.05) is 32.1 Å². The standard InChI is InChI=1S/C22H30O4/c23-22(26-21-15-24-14-19(21)12-16-6-7-16)18-8-10-20(11-9-18)25-13-17-4-2-1-3-5-17/h8-11,16-17,19,21H,1-7,12-15H2. The number of esters is 1. The van der Waals surface area contributed by atoms with Gasteiger partial charge in [0.15, 0.2) is 0 Å². The fraction of sp³-hybridized carbons (Fsp3) is 0.682. The number of ether oxygens (including phenoxy) is 3. The zero-order valence-electron chi connectivity index (χ0n) is 15.5. The van der Waals surface area contributed by atoms with Gasteiger partial charge in [-0.25, -0.2) is 4.79 Å². The Morgan fingerprint density at radius 1 is 0.962 bits per heavy atom. The first kappa shape index (κ1) is 17.8. The SMILES string of the molecule is O=C(OC1COCC1CC1CC1)c1ccc(OCC2CCCCC2)cc1. The molecule has 1 heterocycles. The van der Waals surface area contributed by atoms with Gasteiger partial charge >= 0.3 is 5.97 Å². The highest BCUT2D eigenvalue weighted by atomic mass is 16.6. The maximum Gasteiger partial charge on any atom is 0.338 e. The van der Waals surface area contributed by atoms with Gasteiger partial charge in [0.1, 0.15) is 11.9 Å². The van der Waals surface area contributed by atoms with Crippen LogP contribution in [0.2, 0.25) is 0 Å². The van der Waals surface area contributed by atoms with Gasteiger partial charge in [0.25, 0.3) is 0 Å². The van der Waals surface area contributed by atoms with Crippen LogP contribution in [0.4, 0.5) is 0 Å². The Morgan fingerprint density at radius 3 is 2.46 bits per heavy atom. The van der Waals surface area contributed by atoms with E-state index in [0.717, 1.165) is 31.3 Å². The van der Waals surface area contributed by atoms with Crippen LogP contribution < -0.4 is 4.74 Å². The van der Waals surface area contributed by atoms with Crippen molar-refractivity contribution in [2.75, 3.05) is 19.8 Å². The first-order valence-corrected chi connectivity index (χ1v) is 10.3. The van der Waals surface area contributed by atoms with Crippen molar-refractivity contribution in [3.05, 3.63) is 29.8 Å². The summed E-state index contributed by atoms with van der Waals surface area (Å²) in [5.74, 6) is 2.45. The topological polar surface area (TPSA) is 44.8 Å². The second-order valence-corrected chi connectivity index (χ2v) is 8.26. The molecular formula is C22H30O4. The van der Waals surface area contributed by atoms with Gasteiger partial charge in [-0.05, 0) is 55.4 Å². The minimum atomic E-state index is -0.250. The summed E-state index contributed by atoms with van der Waals surface area (Å²) in [4.78, 5) is 12.4. The molecule has 4 heteroatoms. The first-order valence-electron chi connectivity index (χ1n) is 10.3. The zero-order valence-corrected chi connectivity index (χ0v) is 15.5. The van der Waals surface area contributed by atoms with E-state index in [1.807, 2.05) is 24.3 Å². The van der Waals surface area contributed by atoms with Crippen molar-refractivity contribution in [2.24, 2.45) is 17.8 Å². The number of carbonyl (C=O) groups is 1. The largest absolute Gasteiger partial charge is 0.493 e. The Bertz CT molecular complexity index is 587. The second kappa shape index (κ2) is 8.43. The van der Waals surface area contributed by atoms with Crippen LogP contribution in [0.3, 0.4) is 0 Å². The Morgan fingerprint density at radius 2 is 1.73 bits per heavy atom. The van der Waals surface area contributed by atoms with Crippen LogP contribution in [0.15, 0.2) is 24.3 Å². The molecule has 4 nitrogen and oxygen atoms in total. The molecule has 3 aliphatic rings. The maximum absolute atomic E-state index is 12.4. The highest BCUT2D eigenvalue weighted by molar-refractivity contribution is 5.89. The van der Waals surface area contributed by atoms with Gasteiger partial charge in [0.05, 0.1) is 25.4 Å². The van der Waals surface area contributed by atoms with Crippen molar-refractivity contribution < 1.29 is 19.0 Å². The molecule has 2 unspecified atom stereocenters. The molecule has 142 valence electrons. The lowest BCUT2D eigenvalue weighted by molar-refractivity contribution is 0.0189. The molecule has 1 saturated heterocycles. The van der Waals surface area contributed by atoms with Gasteiger partial charge in [0, 0.05) is 5.92 Å². The molecule has 0 spiro atoms. The lowest BCUT2D eigenvalue weighted by Gasteiger charge is -2.21. The number of hydrogen-bond acceptors (Lipinski definition) is 4. The molecule has 2 aliphatic carbocycles. The Kier molecular flexibility index (Phi) is 5.78. The Balaban J connectivity index is 1.26. The fourth-order valence-electron chi connectivity index (χ4n) is 4.17. The van der Waals surface area contributed by atoms with Crippen LogP contribution in [0, 0.1) is 17.8 Å². The van der Waals surface area contributed by atoms with E-state index in [1.54, 1.807) is 0 Å². The molecule has 1 aliphatic heterocycles. The molecule has 1 aromatic rings. The molecule has 2 saturated carbocycles. The molecule has 0 bridgehead atoms. The van der Waals surface area contributed by atoms with E-state index >= 15 is 0 Å². The van der Waals surface area contributed by atoms with Crippen molar-refractivity contribution in [3.63, 3.8) is 0 Å². The van der Waals surface area contributed by atoms with E-state index < -0.39 is 0 Å². The normalized spacial score (nSPS) is 26.6. The summed E-state index contributed by atoms with van der Waals surface area (Å²) >= 11 is 0. The smallest absolute Gasteiger partial charge is 0.338 e. The summed E-state index contributed by atoms with van der Waals surface area (Å²) in [6.07, 6.45) is 10.2. The number of rotatable bonds is 7. The third-order valence-corrected chi connectivity index (χ3v) is 6.03. The summed E-state index contributed by atoms with van der Waals surface area (Å²) in [6.45, 7) is 2.04. The summed E-state index contributed by atoms with van der Waals surface area (Å²) in [5.41, 5.74) is 0.590. The van der Waals surface area contributed by atoms with E-state index in [1.165, 1.54) is 44.9 Å². The van der Waals surface area contributed by atoms with Crippen molar-refractivity contribution in [1.82, 2.24) is 0 Å². The highest BCUT2D eigenvalue weighted by Crippen LogP contribution is 2.38. The molecule has 0 aromatic heterocycles. The number of benzene rings is 1. The predicted molar refractivity (Wildman–Crippen MR) is 99.4 cm³/mol. The van der Waals surface area contributed by atoms with Gasteiger partial charge in [-0.3, -0.25) is 0 Å². The molecule has 4 rings (SSSR count). The number of hydrogen-bond donors (Lipinski definition) is 0. The van der Waals surface area contributed by atoms with Crippen LogP contribution in [0.1, 0.15) is 61.7 Å². The monoisotopic (exact) mass is 358 g/mol. The van der Waals surface area contributed by atoms with Crippen LogP contribution in [-0.2, 0) is 9.47 Å². The summed E-state index contributed by atoms with van der Waals surface area (Å²) < 4.78 is 17.2. The predicted octanol–water partition coefficient (Wildman–Crippen LogP) is 4.62. The van der Waals surface area contributed by atoms with E-state index in [0.29, 0.717) is 24.0 Å². The van der Waals surface area contributed by atoms with Gasteiger partial charge in [0.2, 0.25) is 0 Å². The molecule has 0 radical (unpaired) electrons. The first-order chi connectivity index (χ1) is 12.8. The summed E-state index contributed by atoms with van der Waals surface area (Å²) in [7, 11) is 0. The molecule has 1 aromatic carbocycles. The highest BCUT2D eigenvalue weighted by Gasteiger charge is 2.36. The summed E-state index contributed by atoms with van der Waals surface area (Å²) in [6, 6.07) is 7.38. The molecule has 2 atom stereocenters. The van der Waals surface area contributed by atoms with Crippen molar-refractivity contribution >= 4 is 5.97 Å². The number of carbonyl (C=O) groups excluding carboxylic acids is 1. The zero-order chi connectivity index (χ0) is 17.8. The minimum Gasteiger partial charge on any atom is -0.493 e. The van der Waals surface area contributed by atoms with E-state index in [4.69, 9.17) is 14.2 Å². The van der Waals surface area contributed by atoms with Crippen LogP contribution in [0.25, 0.3) is 0 Å². The molecule has 26 heavy (non-hydrogen) atoms. The second-order valence-electron chi connectivity index (χ2n) is 8.26. The van der Waals surface area contributed by atoms with Gasteiger partial charge in [-0.2, -0.15) is 0 Å². The quantitative estimate of drug-likeness (QED) is 0.667. The summed E-state index contributed by atoms with van der Waals surface area (Å²) in [5, 5.41) is 0. The Labute approximate surface area is 156 Å². The third-order valence-electron chi connectivity index (χ3n) is 6.03. The van der Waals surface area contributed by atoms with Crippen LogP contribution >= 0.6 is 0 Å². The van der Waals surface area contributed by atoms with Crippen molar-refractivity contribution in [2.45, 2.75) is 57.5 Å². The molecule has 3 fully saturated rings. The third kappa shape index (κ3) is 4.79. The molecular weight excluding hydrogens is 328 g/mol. The van der Waals surface area contributed by atoms with E-state index in [9.17, 15) is 4.79 Å².